The van der Waals surface area contributed by atoms with Crippen molar-refractivity contribution >= 4 is 21.5 Å². The number of unbranched alkanes of at least 4 members (excludes halogenated alkanes) is 2. The Morgan fingerprint density at radius 1 is 0.920 bits per heavy atom. The molecule has 2 heteroatoms. The van der Waals surface area contributed by atoms with Gasteiger partial charge in [-0.3, -0.25) is 0 Å². The van der Waals surface area contributed by atoms with Crippen LogP contribution in [0.15, 0.2) is 48.5 Å². The average Bonchev–Trinajstić information content (AvgIpc) is 2.65. The lowest BCUT2D eigenvalue weighted by Gasteiger charge is -2.16. The van der Waals surface area contributed by atoms with Crippen LogP contribution in [-0.2, 0) is 6.42 Å². The van der Waals surface area contributed by atoms with Crippen LogP contribution in [0, 0.1) is 0 Å². The van der Waals surface area contributed by atoms with E-state index in [2.05, 4.69) is 56.3 Å². The maximum atomic E-state index is 10.3. The molecule has 1 unspecified atom stereocenters. The fraction of sp³-hybridized carbons (Fsp3) is 0.391. The van der Waals surface area contributed by atoms with Gasteiger partial charge in [0.2, 0.25) is 0 Å². The van der Waals surface area contributed by atoms with Crippen molar-refractivity contribution in [3.8, 4) is 5.75 Å². The second-order valence-corrected chi connectivity index (χ2v) is 6.80. The predicted molar refractivity (Wildman–Crippen MR) is 106 cm³/mol. The van der Waals surface area contributed by atoms with Gasteiger partial charge < -0.3 is 9.84 Å². The minimum atomic E-state index is -0.407. The van der Waals surface area contributed by atoms with E-state index in [4.69, 9.17) is 4.74 Å². The first-order chi connectivity index (χ1) is 12.2. The van der Waals surface area contributed by atoms with E-state index in [1.807, 2.05) is 6.07 Å². The molecule has 1 N–H and O–H groups in total. The van der Waals surface area contributed by atoms with Crippen LogP contribution in [0.4, 0.5) is 0 Å². The van der Waals surface area contributed by atoms with Gasteiger partial charge in [-0.1, -0.05) is 69.5 Å². The topological polar surface area (TPSA) is 29.5 Å². The van der Waals surface area contributed by atoms with Crippen molar-refractivity contribution in [3.05, 3.63) is 54.1 Å². The molecule has 3 aromatic carbocycles. The molecule has 0 saturated heterocycles. The first-order valence-electron chi connectivity index (χ1n) is 9.48. The van der Waals surface area contributed by atoms with Gasteiger partial charge >= 0.3 is 0 Å². The van der Waals surface area contributed by atoms with Crippen LogP contribution in [-0.4, -0.2) is 17.8 Å². The van der Waals surface area contributed by atoms with Crippen LogP contribution < -0.4 is 4.74 Å². The summed E-state index contributed by atoms with van der Waals surface area (Å²) in [5.41, 5.74) is 1.30. The van der Waals surface area contributed by atoms with Gasteiger partial charge in [-0.25, -0.2) is 0 Å². The maximum absolute atomic E-state index is 10.3. The Morgan fingerprint density at radius 3 is 2.52 bits per heavy atom. The zero-order chi connectivity index (χ0) is 17.6. The highest BCUT2D eigenvalue weighted by Crippen LogP contribution is 2.35. The Labute approximate surface area is 150 Å². The van der Waals surface area contributed by atoms with Crippen LogP contribution in [0.2, 0.25) is 0 Å². The van der Waals surface area contributed by atoms with Crippen LogP contribution in [0.25, 0.3) is 21.5 Å². The van der Waals surface area contributed by atoms with Gasteiger partial charge in [0.05, 0.1) is 6.10 Å². The predicted octanol–water partition coefficient (Wildman–Crippen LogP) is 5.88. The van der Waals surface area contributed by atoms with Crippen molar-refractivity contribution in [3.63, 3.8) is 0 Å². The van der Waals surface area contributed by atoms with Crippen molar-refractivity contribution in [2.24, 2.45) is 0 Å². The molecule has 3 aromatic rings. The lowest BCUT2D eigenvalue weighted by Crippen LogP contribution is -2.17. The van der Waals surface area contributed by atoms with Gasteiger partial charge in [-0.15, -0.1) is 0 Å². The molecule has 132 valence electrons. The van der Waals surface area contributed by atoms with Gasteiger partial charge in [-0.05, 0) is 41.3 Å². The summed E-state index contributed by atoms with van der Waals surface area (Å²) in [4.78, 5) is 0. The molecular formula is C23H28O2. The fourth-order valence-corrected chi connectivity index (χ4v) is 3.34. The first kappa shape index (κ1) is 17.8. The van der Waals surface area contributed by atoms with E-state index in [-0.39, 0.29) is 0 Å². The minimum Gasteiger partial charge on any atom is -0.490 e. The Morgan fingerprint density at radius 2 is 1.72 bits per heavy atom. The van der Waals surface area contributed by atoms with Crippen molar-refractivity contribution in [1.82, 2.24) is 0 Å². The highest BCUT2D eigenvalue weighted by molar-refractivity contribution is 6.05. The molecule has 0 fully saturated rings. The number of aliphatic hydroxyl groups excluding tert-OH is 1. The van der Waals surface area contributed by atoms with Crippen molar-refractivity contribution < 1.29 is 9.84 Å². The second-order valence-electron chi connectivity index (χ2n) is 6.80. The normalized spacial score (nSPS) is 12.6. The standard InChI is InChI=1S/C23H28O2/c1-3-5-6-10-20(24)16-25-23-21-11-8-7-9-18(21)15-19-13-12-17(4-2)14-22(19)23/h7-9,11-15,20,24H,3-6,10,16H2,1-2H3. The van der Waals surface area contributed by atoms with Crippen LogP contribution >= 0.6 is 0 Å². The highest BCUT2D eigenvalue weighted by atomic mass is 16.5. The number of hydrogen-bond acceptors (Lipinski definition) is 2. The summed E-state index contributed by atoms with van der Waals surface area (Å²) < 4.78 is 6.17. The zero-order valence-corrected chi connectivity index (χ0v) is 15.3. The molecule has 0 spiro atoms. The molecule has 3 rings (SSSR count). The molecule has 0 saturated carbocycles. The highest BCUT2D eigenvalue weighted by Gasteiger charge is 2.12. The SMILES string of the molecule is CCCCCC(O)COc1c2ccccc2cc2ccc(CC)cc12. The molecule has 0 bridgehead atoms. The fourth-order valence-electron chi connectivity index (χ4n) is 3.34. The van der Waals surface area contributed by atoms with E-state index in [1.165, 1.54) is 22.8 Å². The van der Waals surface area contributed by atoms with Crippen molar-refractivity contribution in [1.29, 1.82) is 0 Å². The summed E-state index contributed by atoms with van der Waals surface area (Å²) in [5, 5.41) is 14.9. The van der Waals surface area contributed by atoms with E-state index in [1.54, 1.807) is 0 Å². The van der Waals surface area contributed by atoms with Crippen LogP contribution in [0.5, 0.6) is 5.75 Å². The molecular weight excluding hydrogens is 308 g/mol. The van der Waals surface area contributed by atoms with E-state index in [0.29, 0.717) is 6.61 Å². The zero-order valence-electron chi connectivity index (χ0n) is 15.3. The monoisotopic (exact) mass is 336 g/mol. The van der Waals surface area contributed by atoms with Crippen molar-refractivity contribution in [2.45, 2.75) is 52.1 Å². The van der Waals surface area contributed by atoms with Gasteiger partial charge in [0.25, 0.3) is 0 Å². The molecule has 0 aliphatic carbocycles. The summed E-state index contributed by atoms with van der Waals surface area (Å²) in [6.45, 7) is 4.69. The van der Waals surface area contributed by atoms with Gasteiger partial charge in [0.15, 0.2) is 0 Å². The van der Waals surface area contributed by atoms with Gasteiger partial charge in [0.1, 0.15) is 12.4 Å². The lowest BCUT2D eigenvalue weighted by atomic mass is 9.99. The van der Waals surface area contributed by atoms with Crippen molar-refractivity contribution in [2.75, 3.05) is 6.61 Å². The molecule has 1 atom stereocenters. The maximum Gasteiger partial charge on any atom is 0.135 e. The Bertz CT molecular complexity index is 838. The summed E-state index contributed by atoms with van der Waals surface area (Å²) in [7, 11) is 0. The number of rotatable bonds is 8. The minimum absolute atomic E-state index is 0.350. The second kappa shape index (κ2) is 8.35. The smallest absolute Gasteiger partial charge is 0.135 e. The van der Waals surface area contributed by atoms with E-state index in [0.717, 1.165) is 42.2 Å². The summed E-state index contributed by atoms with van der Waals surface area (Å²) in [6, 6.07) is 17.1. The van der Waals surface area contributed by atoms with E-state index in [9.17, 15) is 5.11 Å². The average molecular weight is 336 g/mol. The van der Waals surface area contributed by atoms with E-state index < -0.39 is 6.10 Å². The number of hydrogen-bond donors (Lipinski definition) is 1. The van der Waals surface area contributed by atoms with Crippen LogP contribution in [0.1, 0.15) is 45.1 Å². The Balaban J connectivity index is 1.94. The number of aliphatic hydroxyl groups is 1. The van der Waals surface area contributed by atoms with Crippen LogP contribution in [0.3, 0.4) is 0 Å². The molecule has 0 amide bonds. The lowest BCUT2D eigenvalue weighted by molar-refractivity contribution is 0.0991. The largest absolute Gasteiger partial charge is 0.490 e. The molecule has 25 heavy (non-hydrogen) atoms. The Kier molecular flexibility index (Phi) is 5.93. The first-order valence-corrected chi connectivity index (χ1v) is 9.48. The van der Waals surface area contributed by atoms with Gasteiger partial charge in [0, 0.05) is 10.8 Å². The third-order valence-corrected chi connectivity index (χ3v) is 4.85. The molecule has 0 aromatic heterocycles. The quantitative estimate of drug-likeness (QED) is 0.411. The molecule has 0 aliphatic heterocycles. The Hall–Kier alpha value is -2.06. The summed E-state index contributed by atoms with van der Waals surface area (Å²) >= 11 is 0. The third-order valence-electron chi connectivity index (χ3n) is 4.85. The molecule has 2 nitrogen and oxygen atoms in total. The number of fused-ring (bicyclic) bond motifs is 2. The molecule has 0 aliphatic rings. The number of ether oxygens (including phenoxy) is 1. The molecule has 0 heterocycles. The molecule has 0 radical (unpaired) electrons. The third kappa shape index (κ3) is 4.13. The van der Waals surface area contributed by atoms with E-state index >= 15 is 0 Å². The number of aryl methyl sites for hydroxylation is 1. The summed E-state index contributed by atoms with van der Waals surface area (Å²) in [6.07, 6.45) is 4.78. The summed E-state index contributed by atoms with van der Waals surface area (Å²) in [5.74, 6) is 0.901. The number of benzene rings is 3. The van der Waals surface area contributed by atoms with Gasteiger partial charge in [-0.2, -0.15) is 0 Å².